The normalized spacial score (nSPS) is 33.3. The Bertz CT molecular complexity index is 369. The first-order chi connectivity index (χ1) is 13.2. The zero-order valence-corrected chi connectivity index (χ0v) is 20.2. The molecule has 168 valence electrons. The van der Waals surface area contributed by atoms with Gasteiger partial charge in [-0.15, -0.1) is 0 Å². The number of hydrogen-bond acceptors (Lipinski definition) is 3. The molecule has 0 unspecified atom stereocenters. The van der Waals surface area contributed by atoms with E-state index in [1.807, 2.05) is 0 Å². The molecule has 3 N–H and O–H groups in total. The maximum absolute atomic E-state index is 5.80. The molecule has 3 rings (SSSR count). The van der Waals surface area contributed by atoms with Crippen molar-refractivity contribution < 1.29 is 4.74 Å². The van der Waals surface area contributed by atoms with Crippen LogP contribution in [0.2, 0.25) is 0 Å². The lowest BCUT2D eigenvalue weighted by atomic mass is 9.80. The van der Waals surface area contributed by atoms with Gasteiger partial charge in [0.15, 0.2) is 0 Å². The average Bonchev–Trinajstić information content (AvgIpc) is 3.18. The van der Waals surface area contributed by atoms with Gasteiger partial charge in [-0.2, -0.15) is 0 Å². The Morgan fingerprint density at radius 2 is 1.39 bits per heavy atom. The summed E-state index contributed by atoms with van der Waals surface area (Å²) in [7, 11) is 0. The zero-order chi connectivity index (χ0) is 21.1. The van der Waals surface area contributed by atoms with Crippen molar-refractivity contribution in [3.8, 4) is 0 Å². The van der Waals surface area contributed by atoms with Gasteiger partial charge in [0, 0.05) is 19.3 Å². The van der Waals surface area contributed by atoms with E-state index in [0.29, 0.717) is 6.04 Å². The summed E-state index contributed by atoms with van der Waals surface area (Å²) in [6.07, 6.45) is 7.87. The molecule has 1 aliphatic carbocycles. The van der Waals surface area contributed by atoms with Crippen molar-refractivity contribution in [2.24, 2.45) is 47.2 Å². The molecule has 0 amide bonds. The van der Waals surface area contributed by atoms with Gasteiger partial charge >= 0.3 is 0 Å². The Labute approximate surface area is 176 Å². The van der Waals surface area contributed by atoms with Gasteiger partial charge in [0.05, 0.1) is 0 Å². The van der Waals surface area contributed by atoms with Crippen LogP contribution in [0.15, 0.2) is 0 Å². The summed E-state index contributed by atoms with van der Waals surface area (Å²) in [4.78, 5) is 0. The highest BCUT2D eigenvalue weighted by atomic mass is 16.5. The summed E-state index contributed by atoms with van der Waals surface area (Å²) in [5.41, 5.74) is 5.80. The lowest BCUT2D eigenvalue weighted by Gasteiger charge is -2.31. The Hall–Kier alpha value is -0.120. The summed E-state index contributed by atoms with van der Waals surface area (Å²) in [5.74, 6) is 6.16. The zero-order valence-electron chi connectivity index (χ0n) is 20.2. The first-order valence-electron chi connectivity index (χ1n) is 12.3. The van der Waals surface area contributed by atoms with Crippen molar-refractivity contribution >= 4 is 0 Å². The van der Waals surface area contributed by atoms with Crippen molar-refractivity contribution in [3.63, 3.8) is 0 Å². The number of rotatable bonds is 3. The smallest absolute Gasteiger partial charge is 0.0494 e. The van der Waals surface area contributed by atoms with Gasteiger partial charge in [0.25, 0.3) is 0 Å². The van der Waals surface area contributed by atoms with E-state index < -0.39 is 0 Å². The second kappa shape index (κ2) is 14.0. The maximum atomic E-state index is 5.80. The van der Waals surface area contributed by atoms with Crippen molar-refractivity contribution in [2.45, 2.75) is 93.0 Å². The number of hydrogen-bond donors (Lipinski definition) is 2. The summed E-state index contributed by atoms with van der Waals surface area (Å²) < 4.78 is 5.36. The SMILES string of the molecule is CC(C)C1CCC(N)CC1.CC(C)[C@@H]1CCNC1.CC(C)[C@@H]1CCOC[C@@H]1C. The first-order valence-corrected chi connectivity index (χ1v) is 12.3. The van der Waals surface area contributed by atoms with Crippen molar-refractivity contribution in [2.75, 3.05) is 26.3 Å². The summed E-state index contributed by atoms with van der Waals surface area (Å²) in [5, 5.41) is 3.35. The van der Waals surface area contributed by atoms with Crippen LogP contribution in [0.25, 0.3) is 0 Å². The van der Waals surface area contributed by atoms with E-state index in [1.54, 1.807) is 0 Å². The van der Waals surface area contributed by atoms with Crippen LogP contribution in [0.5, 0.6) is 0 Å². The van der Waals surface area contributed by atoms with Crippen LogP contribution in [0.4, 0.5) is 0 Å². The molecule has 0 spiro atoms. The molecule has 28 heavy (non-hydrogen) atoms. The largest absolute Gasteiger partial charge is 0.381 e. The number of nitrogens with one attached hydrogen (secondary N) is 1. The monoisotopic (exact) mass is 396 g/mol. The van der Waals surface area contributed by atoms with Crippen LogP contribution in [0.3, 0.4) is 0 Å². The predicted molar refractivity (Wildman–Crippen MR) is 124 cm³/mol. The molecule has 3 aliphatic rings. The van der Waals surface area contributed by atoms with Crippen LogP contribution in [0.1, 0.15) is 87.0 Å². The van der Waals surface area contributed by atoms with E-state index in [4.69, 9.17) is 10.5 Å². The minimum Gasteiger partial charge on any atom is -0.381 e. The highest BCUT2D eigenvalue weighted by Gasteiger charge is 2.24. The molecule has 2 aliphatic heterocycles. The first kappa shape index (κ1) is 25.9. The average molecular weight is 397 g/mol. The van der Waals surface area contributed by atoms with Crippen molar-refractivity contribution in [1.82, 2.24) is 5.32 Å². The lowest BCUT2D eigenvalue weighted by molar-refractivity contribution is 0.00874. The van der Waals surface area contributed by atoms with Gasteiger partial charge in [-0.1, -0.05) is 48.5 Å². The summed E-state index contributed by atoms with van der Waals surface area (Å²) in [6, 6.07) is 0.509. The second-order valence-electron chi connectivity index (χ2n) is 10.7. The molecule has 2 heterocycles. The molecule has 3 heteroatoms. The van der Waals surface area contributed by atoms with Crippen LogP contribution >= 0.6 is 0 Å². The van der Waals surface area contributed by atoms with Crippen molar-refractivity contribution in [3.05, 3.63) is 0 Å². The van der Waals surface area contributed by atoms with Gasteiger partial charge in [-0.3, -0.25) is 0 Å². The molecule has 0 aromatic carbocycles. The van der Waals surface area contributed by atoms with Gasteiger partial charge in [-0.25, -0.2) is 0 Å². The van der Waals surface area contributed by atoms with E-state index in [-0.39, 0.29) is 0 Å². The molecule has 0 aromatic heterocycles. The van der Waals surface area contributed by atoms with Crippen molar-refractivity contribution in [1.29, 1.82) is 0 Å². The highest BCUT2D eigenvalue weighted by Crippen LogP contribution is 2.29. The molecule has 0 aromatic rings. The van der Waals surface area contributed by atoms with E-state index in [1.165, 1.54) is 51.6 Å². The van der Waals surface area contributed by atoms with Crippen LogP contribution in [-0.4, -0.2) is 32.3 Å². The number of ether oxygens (including phenoxy) is 1. The molecule has 3 fully saturated rings. The fourth-order valence-electron chi connectivity index (χ4n) is 4.94. The molecule has 2 saturated heterocycles. The summed E-state index contributed by atoms with van der Waals surface area (Å²) in [6.45, 7) is 20.6. The summed E-state index contributed by atoms with van der Waals surface area (Å²) >= 11 is 0. The Kier molecular flexibility index (Phi) is 12.9. The Morgan fingerprint density at radius 3 is 1.75 bits per heavy atom. The Morgan fingerprint density at radius 1 is 0.786 bits per heavy atom. The van der Waals surface area contributed by atoms with Gasteiger partial charge in [0.2, 0.25) is 0 Å². The van der Waals surface area contributed by atoms with E-state index in [2.05, 4.69) is 53.8 Å². The van der Waals surface area contributed by atoms with Gasteiger partial charge in [0.1, 0.15) is 0 Å². The molecule has 0 radical (unpaired) electrons. The van der Waals surface area contributed by atoms with Crippen LogP contribution < -0.4 is 11.1 Å². The maximum Gasteiger partial charge on any atom is 0.0494 e. The predicted octanol–water partition coefficient (Wildman–Crippen LogP) is 5.73. The number of nitrogens with two attached hydrogens (primary N) is 1. The van der Waals surface area contributed by atoms with Gasteiger partial charge in [-0.05, 0) is 93.0 Å². The molecule has 3 atom stereocenters. The third kappa shape index (κ3) is 10.1. The minimum absolute atomic E-state index is 0.509. The standard InChI is InChI=1S/C9H19N.C9H18O.C7H15N/c1-7(2)8-3-5-9(10)6-4-8;1-7(2)9-4-5-10-6-8(9)3;1-6(2)7-3-4-8-5-7/h7-9H,3-6,10H2,1-2H3;7-9H,4-6H2,1-3H3;6-8H,3-5H2,1-2H3/t;8-,9-;7-/m.01/s1. The lowest BCUT2D eigenvalue weighted by Crippen LogP contribution is -2.28. The molecule has 0 bridgehead atoms. The van der Waals surface area contributed by atoms with Crippen LogP contribution in [-0.2, 0) is 4.74 Å². The molecule has 3 nitrogen and oxygen atoms in total. The van der Waals surface area contributed by atoms with E-state index in [0.717, 1.165) is 54.6 Å². The third-order valence-electron chi connectivity index (χ3n) is 7.36. The molecular weight excluding hydrogens is 344 g/mol. The fraction of sp³-hybridized carbons (Fsp3) is 1.00. The minimum atomic E-state index is 0.509. The quantitative estimate of drug-likeness (QED) is 0.640. The van der Waals surface area contributed by atoms with Gasteiger partial charge < -0.3 is 15.8 Å². The fourth-order valence-corrected chi connectivity index (χ4v) is 4.94. The van der Waals surface area contributed by atoms with E-state index in [9.17, 15) is 0 Å². The molecule has 1 saturated carbocycles. The second-order valence-corrected chi connectivity index (χ2v) is 10.7. The van der Waals surface area contributed by atoms with E-state index >= 15 is 0 Å². The Balaban J connectivity index is 0.000000212. The highest BCUT2D eigenvalue weighted by molar-refractivity contribution is 4.76. The topological polar surface area (TPSA) is 47.3 Å². The molecular formula is C25H52N2O. The van der Waals surface area contributed by atoms with Crippen LogP contribution in [0, 0.1) is 41.4 Å². The third-order valence-corrected chi connectivity index (χ3v) is 7.36.